The van der Waals surface area contributed by atoms with Gasteiger partial charge >= 0.3 is 0 Å². The van der Waals surface area contributed by atoms with Crippen molar-refractivity contribution in [3.05, 3.63) is 46.5 Å². The average molecular weight is 371 g/mol. The lowest BCUT2D eigenvalue weighted by Crippen LogP contribution is -2.40. The lowest BCUT2D eigenvalue weighted by atomic mass is 9.63. The topological polar surface area (TPSA) is 49.7 Å². The molecule has 1 saturated heterocycles. The van der Waals surface area contributed by atoms with Crippen molar-refractivity contribution in [3.63, 3.8) is 0 Å². The number of amides is 2. The van der Waals surface area contributed by atoms with Gasteiger partial charge in [-0.1, -0.05) is 40.2 Å². The second kappa shape index (κ2) is 4.63. The molecule has 1 heterocycles. The van der Waals surface area contributed by atoms with Crippen LogP contribution in [0.3, 0.4) is 0 Å². The van der Waals surface area contributed by atoms with Crippen LogP contribution < -0.4 is 0 Å². The molecular weight excluding hydrogens is 356 g/mol. The van der Waals surface area contributed by atoms with Gasteiger partial charge in [0.1, 0.15) is 0 Å². The molecule has 0 radical (unpaired) electrons. The molecule has 1 aromatic carbocycles. The van der Waals surface area contributed by atoms with Crippen LogP contribution in [0.15, 0.2) is 46.0 Å². The summed E-state index contributed by atoms with van der Waals surface area (Å²) in [7, 11) is 0. The Kier molecular flexibility index (Phi) is 2.75. The molecule has 0 unspecified atom stereocenters. The molecular formula is C18H15BrN2O2. The maximum atomic E-state index is 12.7. The lowest BCUT2D eigenvalue weighted by Gasteiger charge is -2.37. The molecule has 3 fully saturated rings. The molecule has 5 aliphatic rings. The molecule has 0 aromatic heterocycles. The zero-order valence-corrected chi connectivity index (χ0v) is 13.9. The van der Waals surface area contributed by atoms with Gasteiger partial charge in [0.15, 0.2) is 0 Å². The number of carbonyl (C=O) groups is 2. The largest absolute Gasteiger partial charge is 0.272 e. The van der Waals surface area contributed by atoms with Gasteiger partial charge in [0.05, 0.1) is 18.1 Å². The van der Waals surface area contributed by atoms with Gasteiger partial charge in [-0.3, -0.25) is 9.59 Å². The third-order valence-corrected chi connectivity index (χ3v) is 6.30. The minimum absolute atomic E-state index is 0.115. The van der Waals surface area contributed by atoms with Gasteiger partial charge in [-0.05, 0) is 47.8 Å². The van der Waals surface area contributed by atoms with E-state index in [1.165, 1.54) is 6.42 Å². The molecule has 1 aromatic rings. The summed E-state index contributed by atoms with van der Waals surface area (Å²) in [5, 5.41) is 5.34. The molecule has 6 rings (SSSR count). The van der Waals surface area contributed by atoms with E-state index in [0.717, 1.165) is 15.0 Å². The average Bonchev–Trinajstić information content (AvgIpc) is 3.32. The number of rotatable bonds is 2. The Bertz CT molecular complexity index is 751. The molecule has 2 saturated carbocycles. The summed E-state index contributed by atoms with van der Waals surface area (Å²) in [5.41, 5.74) is 0.860. The van der Waals surface area contributed by atoms with Gasteiger partial charge in [0.2, 0.25) is 0 Å². The fourth-order valence-electron chi connectivity index (χ4n) is 4.77. The maximum Gasteiger partial charge on any atom is 0.254 e. The van der Waals surface area contributed by atoms with E-state index in [2.05, 4.69) is 33.2 Å². The Morgan fingerprint density at radius 1 is 1.09 bits per heavy atom. The Morgan fingerprint density at radius 3 is 2.35 bits per heavy atom. The number of hydrogen-bond donors (Lipinski definition) is 0. The van der Waals surface area contributed by atoms with Crippen LogP contribution in [0.25, 0.3) is 0 Å². The normalized spacial score (nSPS) is 40.0. The van der Waals surface area contributed by atoms with Gasteiger partial charge in [0, 0.05) is 4.47 Å². The summed E-state index contributed by atoms with van der Waals surface area (Å²) >= 11 is 3.41. The maximum absolute atomic E-state index is 12.7. The van der Waals surface area contributed by atoms with E-state index in [-0.39, 0.29) is 35.5 Å². The van der Waals surface area contributed by atoms with Gasteiger partial charge in [-0.25, -0.2) is 0 Å². The summed E-state index contributed by atoms with van der Waals surface area (Å²) in [6.07, 6.45) is 7.12. The zero-order valence-electron chi connectivity index (χ0n) is 12.3. The molecule has 116 valence electrons. The van der Waals surface area contributed by atoms with Crippen LogP contribution >= 0.6 is 15.9 Å². The van der Waals surface area contributed by atoms with Crippen LogP contribution in [-0.4, -0.2) is 23.0 Å². The fourth-order valence-corrected chi connectivity index (χ4v) is 5.18. The molecule has 5 heteroatoms. The number of imide groups is 1. The first-order valence-corrected chi connectivity index (χ1v) is 8.80. The number of hydrogen-bond acceptors (Lipinski definition) is 3. The Morgan fingerprint density at radius 2 is 1.74 bits per heavy atom. The van der Waals surface area contributed by atoms with Crippen LogP contribution in [0.2, 0.25) is 0 Å². The van der Waals surface area contributed by atoms with Gasteiger partial charge in [-0.2, -0.15) is 10.1 Å². The Labute approximate surface area is 142 Å². The van der Waals surface area contributed by atoms with Gasteiger partial charge in [0.25, 0.3) is 11.8 Å². The van der Waals surface area contributed by atoms with Crippen LogP contribution in [0.1, 0.15) is 12.0 Å². The third kappa shape index (κ3) is 1.86. The van der Waals surface area contributed by atoms with E-state index in [1.807, 2.05) is 24.3 Å². The number of benzene rings is 1. The zero-order chi connectivity index (χ0) is 15.7. The number of hydrazone groups is 1. The van der Waals surface area contributed by atoms with Crippen molar-refractivity contribution in [2.75, 3.05) is 0 Å². The van der Waals surface area contributed by atoms with Crippen molar-refractivity contribution < 1.29 is 9.59 Å². The minimum Gasteiger partial charge on any atom is -0.272 e. The van der Waals surface area contributed by atoms with Crippen molar-refractivity contribution in [1.82, 2.24) is 5.01 Å². The van der Waals surface area contributed by atoms with E-state index in [0.29, 0.717) is 11.8 Å². The molecule has 4 aliphatic carbocycles. The molecule has 23 heavy (non-hydrogen) atoms. The van der Waals surface area contributed by atoms with E-state index in [9.17, 15) is 9.59 Å². The summed E-state index contributed by atoms with van der Waals surface area (Å²) in [6, 6.07) is 7.62. The first-order valence-electron chi connectivity index (χ1n) is 8.01. The molecule has 0 N–H and O–H groups in total. The fraction of sp³-hybridized carbons (Fsp3) is 0.389. The Hall–Kier alpha value is -1.75. The van der Waals surface area contributed by atoms with Crippen molar-refractivity contribution >= 4 is 34.0 Å². The van der Waals surface area contributed by atoms with E-state index in [1.54, 1.807) is 6.21 Å². The number of allylic oxidation sites excluding steroid dienone is 2. The van der Waals surface area contributed by atoms with Crippen LogP contribution in [0.4, 0.5) is 0 Å². The molecule has 2 amide bonds. The van der Waals surface area contributed by atoms with Gasteiger partial charge < -0.3 is 0 Å². The van der Waals surface area contributed by atoms with E-state index >= 15 is 0 Å². The quantitative estimate of drug-likeness (QED) is 0.456. The molecule has 4 nitrogen and oxygen atoms in total. The summed E-state index contributed by atoms with van der Waals surface area (Å²) in [6.45, 7) is 0. The number of carbonyl (C=O) groups excluding carboxylic acids is 2. The molecule has 1 aliphatic heterocycles. The summed E-state index contributed by atoms with van der Waals surface area (Å²) in [4.78, 5) is 25.5. The SMILES string of the molecule is O=C1[C@@H]2[C@H]3C=C[C@@H]([C@@H]4C[C@@H]34)[C@@H]2C(=O)N1/N=C\c1cccc(Br)c1. The highest BCUT2D eigenvalue weighted by Gasteiger charge is 2.67. The predicted octanol–water partition coefficient (Wildman–Crippen LogP) is 2.84. The first-order chi connectivity index (χ1) is 11.1. The van der Waals surface area contributed by atoms with Crippen LogP contribution in [-0.2, 0) is 9.59 Å². The second-order valence-electron chi connectivity index (χ2n) is 6.94. The predicted molar refractivity (Wildman–Crippen MR) is 88.3 cm³/mol. The number of nitrogens with zero attached hydrogens (tertiary/aromatic N) is 2. The number of halogens is 1. The molecule has 0 spiro atoms. The first kappa shape index (κ1) is 13.7. The minimum atomic E-state index is -0.180. The lowest BCUT2D eigenvalue weighted by molar-refractivity contribution is -0.140. The monoisotopic (exact) mass is 370 g/mol. The van der Waals surface area contributed by atoms with Crippen molar-refractivity contribution in [2.45, 2.75) is 6.42 Å². The Balaban J connectivity index is 1.45. The van der Waals surface area contributed by atoms with E-state index < -0.39 is 0 Å². The van der Waals surface area contributed by atoms with Crippen LogP contribution in [0.5, 0.6) is 0 Å². The summed E-state index contributed by atoms with van der Waals surface area (Å²) in [5.74, 6) is 1.15. The molecule has 2 bridgehead atoms. The standard InChI is InChI=1S/C18H15BrN2O2/c19-10-3-1-2-9(6-10)8-20-21-17(22)15-11-4-5-12(14-7-13(11)14)16(15)18(21)23/h1-6,8,11-16H,7H2/b20-8-/t11-,12-,13-,14-,15-,16+/m0/s1. The highest BCUT2D eigenvalue weighted by molar-refractivity contribution is 9.10. The highest BCUT2D eigenvalue weighted by atomic mass is 79.9. The molecule has 6 atom stereocenters. The highest BCUT2D eigenvalue weighted by Crippen LogP contribution is 2.65. The van der Waals surface area contributed by atoms with Gasteiger partial charge in [-0.15, -0.1) is 0 Å². The van der Waals surface area contributed by atoms with Crippen molar-refractivity contribution in [2.24, 2.45) is 40.6 Å². The van der Waals surface area contributed by atoms with Crippen LogP contribution in [0, 0.1) is 35.5 Å². The van der Waals surface area contributed by atoms with Crippen molar-refractivity contribution in [1.29, 1.82) is 0 Å². The summed E-state index contributed by atoms with van der Waals surface area (Å²) < 4.78 is 0.941. The van der Waals surface area contributed by atoms with E-state index in [4.69, 9.17) is 0 Å². The third-order valence-electron chi connectivity index (χ3n) is 5.81. The second-order valence-corrected chi connectivity index (χ2v) is 7.86. The van der Waals surface area contributed by atoms with Crippen molar-refractivity contribution in [3.8, 4) is 0 Å². The smallest absolute Gasteiger partial charge is 0.254 e.